The normalized spacial score (nSPS) is 17.4. The maximum Gasteiger partial charge on any atom is 0.256 e. The molecule has 0 bridgehead atoms. The number of aromatic nitrogens is 5. The van der Waals surface area contributed by atoms with Crippen LogP contribution in [0.25, 0.3) is 5.69 Å². The summed E-state index contributed by atoms with van der Waals surface area (Å²) in [6.45, 7) is 1.63. The molecule has 1 aliphatic rings. The molecule has 1 saturated heterocycles. The molecule has 134 valence electrons. The molecule has 26 heavy (non-hydrogen) atoms. The SMILES string of the molecule is O=C(c1ccccc1-n1cncn1)N1CCCC[C@@H]1CCn1cccn1. The molecule has 1 atom stereocenters. The number of piperidine rings is 1. The zero-order chi connectivity index (χ0) is 17.8. The maximum atomic E-state index is 13.3. The molecule has 1 fully saturated rings. The van der Waals surface area contributed by atoms with Crippen LogP contribution in [0.2, 0.25) is 0 Å². The summed E-state index contributed by atoms with van der Waals surface area (Å²) in [4.78, 5) is 19.4. The Kier molecular flexibility index (Phi) is 4.77. The number of likely N-dealkylation sites (tertiary alicyclic amines) is 1. The number of hydrogen-bond donors (Lipinski definition) is 0. The maximum absolute atomic E-state index is 13.3. The highest BCUT2D eigenvalue weighted by Crippen LogP contribution is 2.24. The number of rotatable bonds is 5. The van der Waals surface area contributed by atoms with Gasteiger partial charge in [0.1, 0.15) is 12.7 Å². The van der Waals surface area contributed by atoms with Crippen LogP contribution in [0, 0.1) is 0 Å². The minimum Gasteiger partial charge on any atom is -0.336 e. The van der Waals surface area contributed by atoms with Crippen molar-refractivity contribution in [3.63, 3.8) is 0 Å². The minimum absolute atomic E-state index is 0.0706. The zero-order valence-electron chi connectivity index (χ0n) is 14.6. The molecule has 1 amide bonds. The lowest BCUT2D eigenvalue weighted by Crippen LogP contribution is -2.44. The second-order valence-corrected chi connectivity index (χ2v) is 6.56. The molecule has 0 unspecified atom stereocenters. The molecule has 0 saturated carbocycles. The molecule has 7 heteroatoms. The molecule has 0 N–H and O–H groups in total. The van der Waals surface area contributed by atoms with Crippen molar-refractivity contribution in [2.24, 2.45) is 0 Å². The van der Waals surface area contributed by atoms with Crippen LogP contribution >= 0.6 is 0 Å². The molecule has 7 nitrogen and oxygen atoms in total. The Hall–Kier alpha value is -2.96. The fraction of sp³-hybridized carbons (Fsp3) is 0.368. The van der Waals surface area contributed by atoms with E-state index in [9.17, 15) is 4.79 Å². The highest BCUT2D eigenvalue weighted by molar-refractivity contribution is 5.98. The Morgan fingerprint density at radius 3 is 2.88 bits per heavy atom. The van der Waals surface area contributed by atoms with E-state index in [2.05, 4.69) is 15.2 Å². The van der Waals surface area contributed by atoms with Crippen LogP contribution in [0.3, 0.4) is 0 Å². The van der Waals surface area contributed by atoms with Gasteiger partial charge in [-0.05, 0) is 43.9 Å². The number of nitrogens with zero attached hydrogens (tertiary/aromatic N) is 6. The average Bonchev–Trinajstić information content (AvgIpc) is 3.40. The van der Waals surface area contributed by atoms with Crippen molar-refractivity contribution in [2.75, 3.05) is 6.54 Å². The van der Waals surface area contributed by atoms with Crippen molar-refractivity contribution in [1.82, 2.24) is 29.4 Å². The predicted molar refractivity (Wildman–Crippen MR) is 96.9 cm³/mol. The van der Waals surface area contributed by atoms with Gasteiger partial charge in [-0.3, -0.25) is 9.48 Å². The van der Waals surface area contributed by atoms with Crippen LogP contribution in [0.5, 0.6) is 0 Å². The smallest absolute Gasteiger partial charge is 0.256 e. The van der Waals surface area contributed by atoms with Gasteiger partial charge in [-0.25, -0.2) is 9.67 Å². The Labute approximate surface area is 152 Å². The molecular weight excluding hydrogens is 328 g/mol. The van der Waals surface area contributed by atoms with Crippen molar-refractivity contribution < 1.29 is 4.79 Å². The van der Waals surface area contributed by atoms with Crippen molar-refractivity contribution >= 4 is 5.91 Å². The molecule has 3 heterocycles. The third-order valence-corrected chi connectivity index (χ3v) is 4.94. The second-order valence-electron chi connectivity index (χ2n) is 6.56. The largest absolute Gasteiger partial charge is 0.336 e. The lowest BCUT2D eigenvalue weighted by atomic mass is 9.97. The number of benzene rings is 1. The highest BCUT2D eigenvalue weighted by Gasteiger charge is 2.28. The summed E-state index contributed by atoms with van der Waals surface area (Å²) in [7, 11) is 0. The standard InChI is InChI=1S/C19H22N6O/c26-19(17-7-1-2-8-18(17)25-15-20-14-22-25)24-12-4-3-6-16(24)9-13-23-11-5-10-21-23/h1-2,5,7-8,10-11,14-16H,3-4,6,9,12-13H2/t16-/m1/s1. The lowest BCUT2D eigenvalue weighted by Gasteiger charge is -2.36. The minimum atomic E-state index is 0.0706. The van der Waals surface area contributed by atoms with Gasteiger partial charge in [-0.2, -0.15) is 10.2 Å². The first kappa shape index (κ1) is 16.5. The van der Waals surface area contributed by atoms with Gasteiger partial charge >= 0.3 is 0 Å². The summed E-state index contributed by atoms with van der Waals surface area (Å²) >= 11 is 0. The Bertz CT molecular complexity index is 843. The Morgan fingerprint density at radius 2 is 2.08 bits per heavy atom. The summed E-state index contributed by atoms with van der Waals surface area (Å²) in [5.41, 5.74) is 1.44. The van der Waals surface area contributed by atoms with Gasteiger partial charge < -0.3 is 4.90 Å². The number of amides is 1. The average molecular weight is 350 g/mol. The monoisotopic (exact) mass is 350 g/mol. The molecule has 1 aliphatic heterocycles. The first-order valence-corrected chi connectivity index (χ1v) is 9.05. The van der Waals surface area contributed by atoms with E-state index < -0.39 is 0 Å². The van der Waals surface area contributed by atoms with Crippen molar-refractivity contribution in [3.05, 3.63) is 60.9 Å². The molecule has 4 rings (SSSR count). The van der Waals surface area contributed by atoms with E-state index in [0.717, 1.165) is 44.5 Å². The second kappa shape index (κ2) is 7.51. The molecule has 0 aliphatic carbocycles. The first-order valence-electron chi connectivity index (χ1n) is 9.05. The Morgan fingerprint density at radius 1 is 1.15 bits per heavy atom. The summed E-state index contributed by atoms with van der Waals surface area (Å²) in [6.07, 6.45) is 11.0. The summed E-state index contributed by atoms with van der Waals surface area (Å²) < 4.78 is 3.58. The van der Waals surface area contributed by atoms with Crippen LogP contribution in [-0.2, 0) is 6.54 Å². The summed E-state index contributed by atoms with van der Waals surface area (Å²) in [6, 6.07) is 9.76. The third-order valence-electron chi connectivity index (χ3n) is 4.94. The van der Waals surface area contributed by atoms with Gasteiger partial charge in [0.05, 0.1) is 11.3 Å². The van der Waals surface area contributed by atoms with Gasteiger partial charge in [0, 0.05) is 31.5 Å². The number of aryl methyl sites for hydroxylation is 1. The van der Waals surface area contributed by atoms with Crippen molar-refractivity contribution in [3.8, 4) is 5.69 Å². The van der Waals surface area contributed by atoms with E-state index in [-0.39, 0.29) is 11.9 Å². The predicted octanol–water partition coefficient (Wildman–Crippen LogP) is 2.55. The molecular formula is C19H22N6O. The fourth-order valence-electron chi connectivity index (χ4n) is 3.62. The van der Waals surface area contributed by atoms with E-state index in [1.165, 1.54) is 6.33 Å². The first-order chi connectivity index (χ1) is 12.8. The van der Waals surface area contributed by atoms with Gasteiger partial charge in [0.25, 0.3) is 5.91 Å². The summed E-state index contributed by atoms with van der Waals surface area (Å²) in [5.74, 6) is 0.0706. The summed E-state index contributed by atoms with van der Waals surface area (Å²) in [5, 5.41) is 8.46. The van der Waals surface area contributed by atoms with E-state index >= 15 is 0 Å². The van der Waals surface area contributed by atoms with Gasteiger partial charge in [0.15, 0.2) is 0 Å². The number of carbonyl (C=O) groups is 1. The van der Waals surface area contributed by atoms with Crippen LogP contribution in [0.4, 0.5) is 0 Å². The van der Waals surface area contributed by atoms with Crippen molar-refractivity contribution in [2.45, 2.75) is 38.3 Å². The molecule has 2 aromatic heterocycles. The zero-order valence-corrected chi connectivity index (χ0v) is 14.6. The van der Waals surface area contributed by atoms with Crippen LogP contribution in [0.15, 0.2) is 55.4 Å². The number of hydrogen-bond acceptors (Lipinski definition) is 4. The van der Waals surface area contributed by atoms with Crippen LogP contribution in [0.1, 0.15) is 36.0 Å². The molecule has 0 radical (unpaired) electrons. The highest BCUT2D eigenvalue weighted by atomic mass is 16.2. The van der Waals surface area contributed by atoms with Gasteiger partial charge in [0.2, 0.25) is 0 Å². The third kappa shape index (κ3) is 3.37. The van der Waals surface area contributed by atoms with E-state index in [0.29, 0.717) is 5.56 Å². The molecule has 1 aromatic carbocycles. The lowest BCUT2D eigenvalue weighted by molar-refractivity contribution is 0.0594. The van der Waals surface area contributed by atoms with Gasteiger partial charge in [-0.15, -0.1) is 0 Å². The van der Waals surface area contributed by atoms with Crippen LogP contribution in [-0.4, -0.2) is 47.9 Å². The van der Waals surface area contributed by atoms with E-state index in [1.54, 1.807) is 17.2 Å². The topological polar surface area (TPSA) is 68.8 Å². The number of para-hydroxylation sites is 1. The number of carbonyl (C=O) groups excluding carboxylic acids is 1. The molecule has 0 spiro atoms. The van der Waals surface area contributed by atoms with E-state index in [4.69, 9.17) is 0 Å². The van der Waals surface area contributed by atoms with Crippen LogP contribution < -0.4 is 0 Å². The molecule has 3 aromatic rings. The van der Waals surface area contributed by atoms with Gasteiger partial charge in [-0.1, -0.05) is 12.1 Å². The fourth-order valence-corrected chi connectivity index (χ4v) is 3.62. The quantitative estimate of drug-likeness (QED) is 0.709. The Balaban J connectivity index is 1.56. The van der Waals surface area contributed by atoms with E-state index in [1.807, 2.05) is 46.1 Å². The van der Waals surface area contributed by atoms with Crippen molar-refractivity contribution in [1.29, 1.82) is 0 Å².